The first kappa shape index (κ1) is 11.0. The van der Waals surface area contributed by atoms with Crippen LogP contribution < -0.4 is 0 Å². The molecule has 0 spiro atoms. The van der Waals surface area contributed by atoms with Crippen molar-refractivity contribution in [2.24, 2.45) is 0 Å². The van der Waals surface area contributed by atoms with Gasteiger partial charge in [-0.1, -0.05) is 6.07 Å². The summed E-state index contributed by atoms with van der Waals surface area (Å²) in [5, 5.41) is 11.5. The first-order valence-electron chi connectivity index (χ1n) is 5.70. The average Bonchev–Trinajstić information content (AvgIpc) is 3.00. The summed E-state index contributed by atoms with van der Waals surface area (Å²) in [5.41, 5.74) is 0.933. The SMILES string of the molecule is O[C@H]1CCN(Cc2coc(-c3cccs3)n2)C1. The second-order valence-corrected chi connectivity index (χ2v) is 5.25. The zero-order chi connectivity index (χ0) is 11.7. The molecule has 1 fully saturated rings. The second-order valence-electron chi connectivity index (χ2n) is 4.30. The smallest absolute Gasteiger partial charge is 0.236 e. The summed E-state index contributed by atoms with van der Waals surface area (Å²) in [6.45, 7) is 2.43. The Morgan fingerprint density at radius 3 is 3.24 bits per heavy atom. The normalized spacial score (nSPS) is 21.1. The monoisotopic (exact) mass is 250 g/mol. The van der Waals surface area contributed by atoms with Crippen molar-refractivity contribution >= 4 is 11.3 Å². The van der Waals surface area contributed by atoms with Crippen molar-refractivity contribution in [3.63, 3.8) is 0 Å². The lowest BCUT2D eigenvalue weighted by Gasteiger charge is -2.11. The molecule has 0 bridgehead atoms. The maximum absolute atomic E-state index is 9.45. The minimum absolute atomic E-state index is 0.182. The summed E-state index contributed by atoms with van der Waals surface area (Å²) in [7, 11) is 0. The van der Waals surface area contributed by atoms with Crippen LogP contribution in [0.5, 0.6) is 0 Å². The highest BCUT2D eigenvalue weighted by Crippen LogP contribution is 2.24. The third kappa shape index (κ3) is 2.41. The Morgan fingerprint density at radius 1 is 1.59 bits per heavy atom. The molecule has 90 valence electrons. The van der Waals surface area contributed by atoms with Gasteiger partial charge in [0.1, 0.15) is 6.26 Å². The molecule has 1 aliphatic rings. The van der Waals surface area contributed by atoms with Gasteiger partial charge in [-0.15, -0.1) is 11.3 Å². The number of hydrogen-bond acceptors (Lipinski definition) is 5. The lowest BCUT2D eigenvalue weighted by molar-refractivity contribution is 0.174. The van der Waals surface area contributed by atoms with Gasteiger partial charge in [-0.05, 0) is 17.9 Å². The van der Waals surface area contributed by atoms with Crippen molar-refractivity contribution < 1.29 is 9.52 Å². The van der Waals surface area contributed by atoms with Crippen LogP contribution >= 0.6 is 11.3 Å². The number of aliphatic hydroxyl groups excluding tert-OH is 1. The van der Waals surface area contributed by atoms with Crippen molar-refractivity contribution in [1.29, 1.82) is 0 Å². The highest BCUT2D eigenvalue weighted by atomic mass is 32.1. The zero-order valence-corrected chi connectivity index (χ0v) is 10.2. The van der Waals surface area contributed by atoms with Gasteiger partial charge in [-0.3, -0.25) is 4.90 Å². The number of aliphatic hydroxyl groups is 1. The summed E-state index contributed by atoms with van der Waals surface area (Å²) in [4.78, 5) is 7.71. The Balaban J connectivity index is 1.69. The summed E-state index contributed by atoms with van der Waals surface area (Å²) >= 11 is 1.62. The van der Waals surface area contributed by atoms with E-state index in [-0.39, 0.29) is 6.10 Å². The molecule has 1 saturated heterocycles. The number of hydrogen-bond donors (Lipinski definition) is 1. The molecule has 4 nitrogen and oxygen atoms in total. The number of β-amino-alcohol motifs (C(OH)–C–C–N with tert-alkyl or cyclic N) is 1. The molecule has 0 aromatic carbocycles. The fourth-order valence-corrected chi connectivity index (χ4v) is 2.73. The lowest BCUT2D eigenvalue weighted by atomic mass is 10.3. The molecule has 0 aliphatic carbocycles. The molecule has 1 aliphatic heterocycles. The van der Waals surface area contributed by atoms with Crippen LogP contribution in [0.4, 0.5) is 0 Å². The zero-order valence-electron chi connectivity index (χ0n) is 9.37. The maximum atomic E-state index is 9.45. The fourth-order valence-electron chi connectivity index (χ4n) is 2.08. The summed E-state index contributed by atoms with van der Waals surface area (Å²) < 4.78 is 5.46. The Kier molecular flexibility index (Phi) is 2.96. The van der Waals surface area contributed by atoms with Gasteiger partial charge < -0.3 is 9.52 Å². The van der Waals surface area contributed by atoms with Crippen LogP contribution in [0.15, 0.2) is 28.2 Å². The van der Waals surface area contributed by atoms with Crippen LogP contribution in [-0.2, 0) is 6.54 Å². The lowest BCUT2D eigenvalue weighted by Crippen LogP contribution is -2.21. The third-order valence-corrected chi connectivity index (χ3v) is 3.77. The largest absolute Gasteiger partial charge is 0.444 e. The summed E-state index contributed by atoms with van der Waals surface area (Å²) in [5.74, 6) is 0.690. The Hall–Kier alpha value is -1.17. The maximum Gasteiger partial charge on any atom is 0.236 e. The first-order chi connectivity index (χ1) is 8.31. The topological polar surface area (TPSA) is 49.5 Å². The van der Waals surface area contributed by atoms with Crippen LogP contribution in [0, 0.1) is 0 Å². The molecule has 0 amide bonds. The van der Waals surface area contributed by atoms with E-state index in [1.807, 2.05) is 17.5 Å². The van der Waals surface area contributed by atoms with Crippen LogP contribution in [0.25, 0.3) is 10.8 Å². The standard InChI is InChI=1S/C12H14N2O2S/c15-10-3-4-14(7-10)6-9-8-16-12(13-9)11-2-1-5-17-11/h1-2,5,8,10,15H,3-4,6-7H2/t10-/m0/s1. The van der Waals surface area contributed by atoms with E-state index < -0.39 is 0 Å². The molecule has 0 saturated carbocycles. The predicted octanol–water partition coefficient (Wildman–Crippen LogP) is 1.97. The van der Waals surface area contributed by atoms with Crippen molar-refractivity contribution in [2.75, 3.05) is 13.1 Å². The minimum Gasteiger partial charge on any atom is -0.444 e. The number of nitrogens with zero attached hydrogens (tertiary/aromatic N) is 2. The summed E-state index contributed by atoms with van der Waals surface area (Å²) in [6, 6.07) is 3.99. The molecule has 5 heteroatoms. The van der Waals surface area contributed by atoms with Crippen LogP contribution in [0.2, 0.25) is 0 Å². The van der Waals surface area contributed by atoms with E-state index in [4.69, 9.17) is 4.42 Å². The third-order valence-electron chi connectivity index (χ3n) is 2.92. The molecule has 2 aromatic rings. The quantitative estimate of drug-likeness (QED) is 0.904. The van der Waals surface area contributed by atoms with Gasteiger partial charge in [0.25, 0.3) is 0 Å². The van der Waals surface area contributed by atoms with Crippen LogP contribution in [-0.4, -0.2) is 34.2 Å². The van der Waals surface area contributed by atoms with Gasteiger partial charge in [0, 0.05) is 19.6 Å². The van der Waals surface area contributed by atoms with Crippen LogP contribution in [0.3, 0.4) is 0 Å². The molecule has 0 unspecified atom stereocenters. The van der Waals surface area contributed by atoms with Crippen LogP contribution in [0.1, 0.15) is 12.1 Å². The molecule has 2 aromatic heterocycles. The van der Waals surface area contributed by atoms with E-state index in [0.717, 1.165) is 36.6 Å². The van der Waals surface area contributed by atoms with Gasteiger partial charge in [0.15, 0.2) is 0 Å². The number of thiophene rings is 1. The molecule has 17 heavy (non-hydrogen) atoms. The van der Waals surface area contributed by atoms with Crippen molar-refractivity contribution in [2.45, 2.75) is 19.1 Å². The number of oxazole rings is 1. The Morgan fingerprint density at radius 2 is 2.53 bits per heavy atom. The molecule has 1 atom stereocenters. The number of rotatable bonds is 3. The average molecular weight is 250 g/mol. The highest BCUT2D eigenvalue weighted by molar-refractivity contribution is 7.13. The Bertz CT molecular complexity index is 480. The van der Waals surface area contributed by atoms with E-state index in [2.05, 4.69) is 9.88 Å². The van der Waals surface area contributed by atoms with Crippen molar-refractivity contribution in [3.8, 4) is 10.8 Å². The van der Waals surface area contributed by atoms with Gasteiger partial charge in [-0.2, -0.15) is 0 Å². The molecular weight excluding hydrogens is 236 g/mol. The minimum atomic E-state index is -0.182. The molecule has 3 rings (SSSR count). The molecule has 3 heterocycles. The van der Waals surface area contributed by atoms with Crippen molar-refractivity contribution in [3.05, 3.63) is 29.5 Å². The number of likely N-dealkylation sites (tertiary alicyclic amines) is 1. The molecular formula is C12H14N2O2S. The van der Waals surface area contributed by atoms with Gasteiger partial charge in [0.05, 0.1) is 16.7 Å². The molecule has 1 N–H and O–H groups in total. The van der Waals surface area contributed by atoms with E-state index in [1.165, 1.54) is 0 Å². The fraction of sp³-hybridized carbons (Fsp3) is 0.417. The first-order valence-corrected chi connectivity index (χ1v) is 6.58. The van der Waals surface area contributed by atoms with Gasteiger partial charge in [0.2, 0.25) is 5.89 Å². The predicted molar refractivity (Wildman–Crippen MR) is 65.7 cm³/mol. The van der Waals surface area contributed by atoms with Crippen molar-refractivity contribution in [1.82, 2.24) is 9.88 Å². The van der Waals surface area contributed by atoms with E-state index in [1.54, 1.807) is 17.6 Å². The number of aromatic nitrogens is 1. The van der Waals surface area contributed by atoms with E-state index in [9.17, 15) is 5.11 Å². The summed E-state index contributed by atoms with van der Waals surface area (Å²) in [6.07, 6.45) is 2.38. The van der Waals surface area contributed by atoms with Gasteiger partial charge >= 0.3 is 0 Å². The molecule has 0 radical (unpaired) electrons. The van der Waals surface area contributed by atoms with E-state index >= 15 is 0 Å². The Labute approximate surface area is 104 Å². The van der Waals surface area contributed by atoms with E-state index in [0.29, 0.717) is 5.89 Å². The van der Waals surface area contributed by atoms with Gasteiger partial charge in [-0.25, -0.2) is 4.98 Å². The second kappa shape index (κ2) is 4.60. The highest BCUT2D eigenvalue weighted by Gasteiger charge is 2.21.